The highest BCUT2D eigenvalue weighted by Crippen LogP contribution is 2.45. The van der Waals surface area contributed by atoms with Gasteiger partial charge < -0.3 is 0 Å². The molecule has 3 heteroatoms. The number of carbonyl (C=O) groups excluding carboxylic acids is 1. The van der Waals surface area contributed by atoms with Crippen LogP contribution in [0.25, 0.3) is 22.4 Å². The lowest BCUT2D eigenvalue weighted by Gasteiger charge is -2.05. The second-order valence-electron chi connectivity index (χ2n) is 5.45. The molecule has 0 saturated carbocycles. The van der Waals surface area contributed by atoms with E-state index in [4.69, 9.17) is 0 Å². The third kappa shape index (κ3) is 1.26. The lowest BCUT2D eigenvalue weighted by molar-refractivity contribution is 0.104. The fraction of sp³-hybridized carbons (Fsp3) is 0.0556. The quantitative estimate of drug-likeness (QED) is 0.434. The van der Waals surface area contributed by atoms with Crippen LogP contribution in [0.2, 0.25) is 0 Å². The maximum absolute atomic E-state index is 12.8. The fourth-order valence-electron chi connectivity index (χ4n) is 3.42. The number of ketones is 1. The summed E-state index contributed by atoms with van der Waals surface area (Å²) in [4.78, 5) is 12.8. The number of hydrogen-bond donors (Lipinski definition) is 0. The maximum atomic E-state index is 12.8. The molecular formula is C18H10N2O. The van der Waals surface area contributed by atoms with Crippen LogP contribution in [0.4, 0.5) is 0 Å². The summed E-state index contributed by atoms with van der Waals surface area (Å²) < 4.78 is 0. The van der Waals surface area contributed by atoms with Gasteiger partial charge in [-0.25, -0.2) is 0 Å². The summed E-state index contributed by atoms with van der Waals surface area (Å²) in [7, 11) is 0. The molecule has 21 heavy (non-hydrogen) atoms. The second-order valence-corrected chi connectivity index (χ2v) is 5.45. The summed E-state index contributed by atoms with van der Waals surface area (Å²) >= 11 is 0. The molecule has 3 aromatic rings. The average molecular weight is 270 g/mol. The molecule has 98 valence electrons. The molecule has 0 fully saturated rings. The van der Waals surface area contributed by atoms with E-state index in [1.807, 2.05) is 36.4 Å². The van der Waals surface area contributed by atoms with Gasteiger partial charge in [-0.3, -0.25) is 4.79 Å². The van der Waals surface area contributed by atoms with Gasteiger partial charge in [0.25, 0.3) is 0 Å². The van der Waals surface area contributed by atoms with Gasteiger partial charge in [0.05, 0.1) is 11.3 Å². The summed E-state index contributed by atoms with van der Waals surface area (Å²) in [5.74, 6) is 0.0726. The Morgan fingerprint density at radius 1 is 0.762 bits per heavy atom. The first-order valence-electron chi connectivity index (χ1n) is 6.96. The molecule has 0 bridgehead atoms. The monoisotopic (exact) mass is 270 g/mol. The number of benzene rings is 2. The standard InChI is InChI=1S/C18H10N2O/c21-18-13-8-4-3-7-12(13)17-16(18)15-11-6-2-1-5-10(11)9-14(15)19-20-17/h1-8H,9H2. The molecule has 1 aromatic heterocycles. The van der Waals surface area contributed by atoms with Gasteiger partial charge in [-0.1, -0.05) is 48.5 Å². The average Bonchev–Trinajstić information content (AvgIpc) is 3.04. The highest BCUT2D eigenvalue weighted by atomic mass is 16.1. The summed E-state index contributed by atoms with van der Waals surface area (Å²) in [6, 6.07) is 15.8. The molecule has 0 aliphatic heterocycles. The molecule has 5 rings (SSSR count). The number of fused-ring (bicyclic) bond motifs is 7. The Kier molecular flexibility index (Phi) is 1.89. The van der Waals surface area contributed by atoms with Crippen molar-refractivity contribution in [1.29, 1.82) is 0 Å². The van der Waals surface area contributed by atoms with E-state index in [2.05, 4.69) is 22.3 Å². The first-order chi connectivity index (χ1) is 10.3. The van der Waals surface area contributed by atoms with Crippen molar-refractivity contribution >= 4 is 5.78 Å². The minimum absolute atomic E-state index is 0.0726. The van der Waals surface area contributed by atoms with E-state index in [9.17, 15) is 4.79 Å². The van der Waals surface area contributed by atoms with Gasteiger partial charge in [-0.2, -0.15) is 5.10 Å². The molecule has 0 saturated heterocycles. The van der Waals surface area contributed by atoms with Gasteiger partial charge in [-0.15, -0.1) is 5.10 Å². The third-order valence-electron chi connectivity index (χ3n) is 4.34. The van der Waals surface area contributed by atoms with E-state index in [-0.39, 0.29) is 5.78 Å². The van der Waals surface area contributed by atoms with Gasteiger partial charge in [0, 0.05) is 23.1 Å². The van der Waals surface area contributed by atoms with Crippen LogP contribution in [0.3, 0.4) is 0 Å². The Labute approximate surface area is 121 Å². The predicted octanol–water partition coefficient (Wildman–Crippen LogP) is 3.26. The van der Waals surface area contributed by atoms with Gasteiger partial charge in [0.15, 0.2) is 5.78 Å². The van der Waals surface area contributed by atoms with Crippen molar-refractivity contribution in [1.82, 2.24) is 10.2 Å². The summed E-state index contributed by atoms with van der Waals surface area (Å²) in [6.07, 6.45) is 0.759. The van der Waals surface area contributed by atoms with Crippen molar-refractivity contribution in [2.45, 2.75) is 6.42 Å². The minimum atomic E-state index is 0.0726. The van der Waals surface area contributed by atoms with Gasteiger partial charge in [0.2, 0.25) is 0 Å². The molecule has 3 nitrogen and oxygen atoms in total. The molecule has 0 N–H and O–H groups in total. The van der Waals surface area contributed by atoms with E-state index >= 15 is 0 Å². The van der Waals surface area contributed by atoms with Crippen molar-refractivity contribution in [2.24, 2.45) is 0 Å². The van der Waals surface area contributed by atoms with Crippen LogP contribution in [-0.2, 0) is 6.42 Å². The van der Waals surface area contributed by atoms with Crippen molar-refractivity contribution in [3.05, 3.63) is 70.9 Å². The highest BCUT2D eigenvalue weighted by Gasteiger charge is 2.35. The number of carbonyl (C=O) groups is 1. The number of hydrogen-bond acceptors (Lipinski definition) is 3. The van der Waals surface area contributed by atoms with E-state index in [0.717, 1.165) is 45.6 Å². The maximum Gasteiger partial charge on any atom is 0.196 e. The molecular weight excluding hydrogens is 260 g/mol. The molecule has 1 heterocycles. The van der Waals surface area contributed by atoms with E-state index in [1.165, 1.54) is 5.56 Å². The lowest BCUT2D eigenvalue weighted by atomic mass is 10.00. The molecule has 0 radical (unpaired) electrons. The molecule has 2 aliphatic rings. The Balaban J connectivity index is 1.89. The highest BCUT2D eigenvalue weighted by molar-refractivity contribution is 6.24. The molecule has 0 atom stereocenters. The second kappa shape index (κ2) is 3.64. The largest absolute Gasteiger partial charge is 0.288 e. The molecule has 0 unspecified atom stereocenters. The van der Waals surface area contributed by atoms with Crippen LogP contribution in [0, 0.1) is 0 Å². The van der Waals surface area contributed by atoms with Crippen LogP contribution in [-0.4, -0.2) is 16.0 Å². The van der Waals surface area contributed by atoms with Crippen LogP contribution in [0.5, 0.6) is 0 Å². The zero-order chi connectivity index (χ0) is 14.0. The molecule has 0 amide bonds. The van der Waals surface area contributed by atoms with E-state index in [1.54, 1.807) is 0 Å². The Bertz CT molecular complexity index is 944. The summed E-state index contributed by atoms with van der Waals surface area (Å²) in [5.41, 5.74) is 7.33. The van der Waals surface area contributed by atoms with Gasteiger partial charge in [-0.05, 0) is 11.1 Å². The topological polar surface area (TPSA) is 42.9 Å². The Morgan fingerprint density at radius 3 is 2.33 bits per heavy atom. The third-order valence-corrected chi connectivity index (χ3v) is 4.34. The van der Waals surface area contributed by atoms with Crippen molar-refractivity contribution in [3.8, 4) is 22.4 Å². The molecule has 0 spiro atoms. The number of rotatable bonds is 0. The zero-order valence-electron chi connectivity index (χ0n) is 11.1. The van der Waals surface area contributed by atoms with Crippen molar-refractivity contribution < 1.29 is 4.79 Å². The van der Waals surface area contributed by atoms with E-state index < -0.39 is 0 Å². The van der Waals surface area contributed by atoms with E-state index in [0.29, 0.717) is 0 Å². The first kappa shape index (κ1) is 10.9. The van der Waals surface area contributed by atoms with Crippen molar-refractivity contribution in [3.63, 3.8) is 0 Å². The Hall–Kier alpha value is -2.81. The van der Waals surface area contributed by atoms with Gasteiger partial charge in [0.1, 0.15) is 5.69 Å². The Morgan fingerprint density at radius 2 is 1.48 bits per heavy atom. The van der Waals surface area contributed by atoms with Crippen LogP contribution in [0.1, 0.15) is 27.2 Å². The van der Waals surface area contributed by atoms with Gasteiger partial charge >= 0.3 is 0 Å². The molecule has 2 aliphatic carbocycles. The smallest absolute Gasteiger partial charge is 0.196 e. The first-order valence-corrected chi connectivity index (χ1v) is 6.96. The SMILES string of the molecule is O=C1c2ccccc2-c2nnc3c(c21)-c1ccccc1C3. The fourth-order valence-corrected chi connectivity index (χ4v) is 3.42. The number of nitrogens with zero attached hydrogens (tertiary/aromatic N) is 2. The normalized spacial score (nSPS) is 13.6. The van der Waals surface area contributed by atoms with Crippen LogP contribution < -0.4 is 0 Å². The predicted molar refractivity (Wildman–Crippen MR) is 79.1 cm³/mol. The summed E-state index contributed by atoms with van der Waals surface area (Å²) in [6.45, 7) is 0. The zero-order valence-corrected chi connectivity index (χ0v) is 11.1. The van der Waals surface area contributed by atoms with Crippen LogP contribution >= 0.6 is 0 Å². The number of aromatic nitrogens is 2. The molecule has 2 aromatic carbocycles. The van der Waals surface area contributed by atoms with Crippen LogP contribution in [0.15, 0.2) is 48.5 Å². The minimum Gasteiger partial charge on any atom is -0.288 e. The lowest BCUT2D eigenvalue weighted by Crippen LogP contribution is -2.02. The van der Waals surface area contributed by atoms with Crippen molar-refractivity contribution in [2.75, 3.05) is 0 Å². The summed E-state index contributed by atoms with van der Waals surface area (Å²) in [5, 5.41) is 8.71.